The quantitative estimate of drug-likeness (QED) is 0.700. The van der Waals surface area contributed by atoms with E-state index in [-0.39, 0.29) is 0 Å². The van der Waals surface area contributed by atoms with Crippen molar-refractivity contribution in [2.45, 2.75) is 46.5 Å². The van der Waals surface area contributed by atoms with E-state index in [9.17, 15) is 4.79 Å². The van der Waals surface area contributed by atoms with Gasteiger partial charge in [-0.15, -0.1) is 0 Å². The van der Waals surface area contributed by atoms with Crippen LogP contribution < -0.4 is 4.90 Å². The molecule has 0 unspecified atom stereocenters. The second-order valence-corrected chi connectivity index (χ2v) is 5.79. The monoisotopic (exact) mass is 302 g/mol. The van der Waals surface area contributed by atoms with E-state index in [1.807, 2.05) is 20.0 Å². The van der Waals surface area contributed by atoms with Gasteiger partial charge >= 0.3 is 0 Å². The molecule has 120 valence electrons. The van der Waals surface area contributed by atoms with Crippen LogP contribution in [-0.2, 0) is 7.05 Å². The topological polar surface area (TPSA) is 51.0 Å². The Kier molecular flexibility index (Phi) is 5.52. The van der Waals surface area contributed by atoms with Crippen molar-refractivity contribution in [2.24, 2.45) is 7.05 Å². The third-order valence-electron chi connectivity index (χ3n) is 4.00. The van der Waals surface area contributed by atoms with Gasteiger partial charge in [0.15, 0.2) is 11.9 Å². The Morgan fingerprint density at radius 3 is 2.41 bits per heavy atom. The molecule has 0 aliphatic rings. The summed E-state index contributed by atoms with van der Waals surface area (Å²) in [5, 5.41) is 5.37. The molecule has 0 aliphatic carbocycles. The van der Waals surface area contributed by atoms with Gasteiger partial charge in [-0.1, -0.05) is 26.7 Å². The van der Waals surface area contributed by atoms with Gasteiger partial charge < -0.3 is 4.90 Å². The third-order valence-corrected chi connectivity index (χ3v) is 4.00. The molecule has 2 aromatic heterocycles. The van der Waals surface area contributed by atoms with Crippen molar-refractivity contribution in [3.8, 4) is 0 Å². The minimum Gasteiger partial charge on any atom is -0.356 e. The number of carbonyl (C=O) groups excluding carboxylic acids is 1. The molecule has 0 bridgehead atoms. The first-order valence-electron chi connectivity index (χ1n) is 8.16. The highest BCUT2D eigenvalue weighted by Crippen LogP contribution is 2.25. The van der Waals surface area contributed by atoms with Gasteiger partial charge in [0.1, 0.15) is 5.82 Å². The summed E-state index contributed by atoms with van der Waals surface area (Å²) >= 11 is 0. The summed E-state index contributed by atoms with van der Waals surface area (Å²) in [6.45, 7) is 8.18. The van der Waals surface area contributed by atoms with E-state index in [1.165, 1.54) is 0 Å². The first-order chi connectivity index (χ1) is 10.6. The highest BCUT2D eigenvalue weighted by molar-refractivity contribution is 5.91. The first kappa shape index (κ1) is 16.5. The van der Waals surface area contributed by atoms with Gasteiger partial charge in [0, 0.05) is 25.5 Å². The normalized spacial score (nSPS) is 11.1. The largest absolute Gasteiger partial charge is 0.356 e. The molecule has 0 saturated heterocycles. The molecule has 5 nitrogen and oxygen atoms in total. The number of hydrogen-bond donors (Lipinski definition) is 0. The van der Waals surface area contributed by atoms with E-state index in [1.54, 1.807) is 4.68 Å². The molecule has 2 aromatic rings. The molecule has 5 heteroatoms. The Balaban J connectivity index is 2.48. The summed E-state index contributed by atoms with van der Waals surface area (Å²) in [5.41, 5.74) is 2.42. The molecule has 0 N–H and O–H groups in total. The fraction of sp³-hybridized carbons (Fsp3) is 0.588. The number of pyridine rings is 1. The molecule has 2 heterocycles. The average molecular weight is 302 g/mol. The van der Waals surface area contributed by atoms with Gasteiger partial charge in [-0.25, -0.2) is 4.98 Å². The number of rotatable bonds is 8. The number of carbonyl (C=O) groups is 1. The lowest BCUT2D eigenvalue weighted by molar-refractivity contribution is 0.112. The molecular formula is C17H26N4O. The smallest absolute Gasteiger partial charge is 0.160 e. The van der Waals surface area contributed by atoms with Crippen LogP contribution in [0.5, 0.6) is 0 Å². The predicted molar refractivity (Wildman–Crippen MR) is 90.7 cm³/mol. The molecule has 0 saturated carbocycles. The molecule has 0 spiro atoms. The van der Waals surface area contributed by atoms with Gasteiger partial charge in [-0.2, -0.15) is 5.10 Å². The van der Waals surface area contributed by atoms with Crippen LogP contribution in [0.3, 0.4) is 0 Å². The van der Waals surface area contributed by atoms with E-state index in [4.69, 9.17) is 4.98 Å². The molecule has 2 rings (SSSR count). The van der Waals surface area contributed by atoms with Crippen LogP contribution in [0.1, 0.15) is 55.6 Å². The Bertz CT molecular complexity index is 640. The standard InChI is InChI=1S/C17H26N4O/c1-5-7-9-21(10-8-6-2)16-14(12-22)11-15-13(3)19-20(4)17(15)18-16/h11-12H,5-10H2,1-4H3. The van der Waals surface area contributed by atoms with E-state index in [0.29, 0.717) is 5.56 Å². The number of aldehydes is 1. The SMILES string of the molecule is CCCCN(CCCC)c1nc2c(cc1C=O)c(C)nn2C. The zero-order chi connectivity index (χ0) is 16.1. The molecule has 0 aromatic carbocycles. The highest BCUT2D eigenvalue weighted by Gasteiger charge is 2.16. The predicted octanol–water partition coefficient (Wildman–Crippen LogP) is 3.50. The summed E-state index contributed by atoms with van der Waals surface area (Å²) in [7, 11) is 1.90. The van der Waals surface area contributed by atoms with Crippen LogP contribution in [0, 0.1) is 6.92 Å². The van der Waals surface area contributed by atoms with E-state index < -0.39 is 0 Å². The van der Waals surface area contributed by atoms with Crippen molar-refractivity contribution in [3.63, 3.8) is 0 Å². The van der Waals surface area contributed by atoms with Crippen LogP contribution in [-0.4, -0.2) is 34.1 Å². The maximum Gasteiger partial charge on any atom is 0.160 e. The minimum atomic E-state index is 0.663. The number of fused-ring (bicyclic) bond motifs is 1. The molecule has 0 amide bonds. The number of aromatic nitrogens is 3. The lowest BCUT2D eigenvalue weighted by Gasteiger charge is -2.24. The lowest BCUT2D eigenvalue weighted by atomic mass is 10.1. The van der Waals surface area contributed by atoms with Gasteiger partial charge in [0.25, 0.3) is 0 Å². The number of unbranched alkanes of at least 4 members (excludes halogenated alkanes) is 2. The van der Waals surface area contributed by atoms with Crippen LogP contribution in [0.15, 0.2) is 6.07 Å². The second-order valence-electron chi connectivity index (χ2n) is 5.79. The summed E-state index contributed by atoms with van der Waals surface area (Å²) in [4.78, 5) is 18.6. The number of aryl methyl sites for hydroxylation is 2. The van der Waals surface area contributed by atoms with Gasteiger partial charge in [0.05, 0.1) is 11.3 Å². The van der Waals surface area contributed by atoms with Crippen molar-refractivity contribution >= 4 is 23.1 Å². The maximum absolute atomic E-state index is 11.5. The van der Waals surface area contributed by atoms with Crippen LogP contribution >= 0.6 is 0 Å². The molecule has 0 radical (unpaired) electrons. The van der Waals surface area contributed by atoms with E-state index >= 15 is 0 Å². The van der Waals surface area contributed by atoms with Crippen molar-refractivity contribution in [1.29, 1.82) is 0 Å². The Morgan fingerprint density at radius 1 is 1.23 bits per heavy atom. The molecular weight excluding hydrogens is 276 g/mol. The van der Waals surface area contributed by atoms with Gasteiger partial charge in [0.2, 0.25) is 0 Å². The van der Waals surface area contributed by atoms with E-state index in [2.05, 4.69) is 23.8 Å². The third kappa shape index (κ3) is 3.29. The molecule has 0 atom stereocenters. The number of anilines is 1. The van der Waals surface area contributed by atoms with E-state index in [0.717, 1.165) is 67.6 Å². The summed E-state index contributed by atoms with van der Waals surface area (Å²) in [6, 6.07) is 1.93. The summed E-state index contributed by atoms with van der Waals surface area (Å²) < 4.78 is 1.79. The Morgan fingerprint density at radius 2 is 1.86 bits per heavy atom. The first-order valence-corrected chi connectivity index (χ1v) is 8.16. The lowest BCUT2D eigenvalue weighted by Crippen LogP contribution is -2.27. The van der Waals surface area contributed by atoms with Gasteiger partial charge in [-0.05, 0) is 25.8 Å². The Hall–Kier alpha value is -1.91. The zero-order valence-electron chi connectivity index (χ0n) is 14.1. The van der Waals surface area contributed by atoms with Crippen LogP contribution in [0.4, 0.5) is 5.82 Å². The van der Waals surface area contributed by atoms with Crippen molar-refractivity contribution < 1.29 is 4.79 Å². The summed E-state index contributed by atoms with van der Waals surface area (Å²) in [5.74, 6) is 0.799. The zero-order valence-corrected chi connectivity index (χ0v) is 14.1. The van der Waals surface area contributed by atoms with Crippen molar-refractivity contribution in [2.75, 3.05) is 18.0 Å². The van der Waals surface area contributed by atoms with Crippen molar-refractivity contribution in [3.05, 3.63) is 17.3 Å². The molecule has 22 heavy (non-hydrogen) atoms. The maximum atomic E-state index is 11.5. The minimum absolute atomic E-state index is 0.663. The van der Waals surface area contributed by atoms with Crippen LogP contribution in [0.25, 0.3) is 11.0 Å². The molecule has 0 aliphatic heterocycles. The fourth-order valence-electron chi connectivity index (χ4n) is 2.71. The number of hydrogen-bond acceptors (Lipinski definition) is 4. The molecule has 0 fully saturated rings. The fourth-order valence-corrected chi connectivity index (χ4v) is 2.71. The van der Waals surface area contributed by atoms with Crippen molar-refractivity contribution in [1.82, 2.24) is 14.8 Å². The van der Waals surface area contributed by atoms with Gasteiger partial charge in [-0.3, -0.25) is 9.48 Å². The number of nitrogens with zero attached hydrogens (tertiary/aromatic N) is 4. The summed E-state index contributed by atoms with van der Waals surface area (Å²) in [6.07, 6.45) is 5.38. The highest BCUT2D eigenvalue weighted by atomic mass is 16.1. The average Bonchev–Trinajstić information content (AvgIpc) is 2.80. The van der Waals surface area contributed by atoms with Crippen LogP contribution in [0.2, 0.25) is 0 Å². The Labute approximate surface area is 132 Å². The second kappa shape index (κ2) is 7.38.